The van der Waals surface area contributed by atoms with Crippen molar-refractivity contribution in [2.75, 3.05) is 0 Å². The predicted molar refractivity (Wildman–Crippen MR) is 48.3 cm³/mol. The van der Waals surface area contributed by atoms with Gasteiger partial charge in [0.2, 0.25) is 0 Å². The van der Waals surface area contributed by atoms with Crippen LogP contribution in [-0.4, -0.2) is 11.1 Å². The molecule has 12 heavy (non-hydrogen) atoms. The first-order valence-electron chi connectivity index (χ1n) is 3.38. The van der Waals surface area contributed by atoms with E-state index in [4.69, 9.17) is 10.8 Å². The molecule has 1 aromatic carbocycles. The van der Waals surface area contributed by atoms with Gasteiger partial charge in [-0.3, -0.25) is 4.79 Å². The third kappa shape index (κ3) is 1.99. The summed E-state index contributed by atoms with van der Waals surface area (Å²) in [6.07, 6.45) is 0. The number of nitrogens with two attached hydrogens (primary N) is 1. The van der Waals surface area contributed by atoms with E-state index in [9.17, 15) is 4.79 Å². The predicted octanol–water partition coefficient (Wildman–Crippen LogP) is 1.06. The molecule has 1 aromatic rings. The maximum atomic E-state index is 10.5. The zero-order valence-corrected chi connectivity index (χ0v) is 7.16. The van der Waals surface area contributed by atoms with Gasteiger partial charge in [0.05, 0.1) is 0 Å². The molecule has 0 aliphatic heterocycles. The molecule has 3 N–H and O–H groups in total. The first kappa shape index (κ1) is 9.09. The molecule has 4 heteroatoms. The molecule has 0 bridgehead atoms. The van der Waals surface area contributed by atoms with Crippen molar-refractivity contribution in [1.29, 1.82) is 0 Å². The lowest BCUT2D eigenvalue weighted by atomic mass is 10.1. The zero-order valence-electron chi connectivity index (χ0n) is 6.27. The van der Waals surface area contributed by atoms with E-state index in [0.29, 0.717) is 10.5 Å². The average molecular weight is 183 g/mol. The number of carboxylic acids is 1. The molecule has 0 spiro atoms. The minimum absolute atomic E-state index is 0.565. The Kier molecular flexibility index (Phi) is 2.73. The lowest BCUT2D eigenvalue weighted by Crippen LogP contribution is -2.20. The summed E-state index contributed by atoms with van der Waals surface area (Å²) in [5.74, 6) is -1.03. The lowest BCUT2D eigenvalue weighted by molar-refractivity contribution is -0.138. The Hall–Kier alpha value is -1.00. The summed E-state index contributed by atoms with van der Waals surface area (Å²) in [4.78, 5) is 11.2. The standard InChI is InChI=1S/C8H9NO2S/c9-7(8(10)11)5-2-1-3-6(12)4-5/h1-4,7,12H,9H2,(H,10,11)/t7-/m0/s1. The molecule has 1 rings (SSSR count). The highest BCUT2D eigenvalue weighted by molar-refractivity contribution is 7.80. The highest BCUT2D eigenvalue weighted by Crippen LogP contribution is 2.14. The quantitative estimate of drug-likeness (QED) is 0.601. The van der Waals surface area contributed by atoms with Crippen molar-refractivity contribution in [2.24, 2.45) is 5.73 Å². The topological polar surface area (TPSA) is 63.3 Å². The molecular formula is C8H9NO2S. The molecule has 64 valence electrons. The van der Waals surface area contributed by atoms with E-state index < -0.39 is 12.0 Å². The SMILES string of the molecule is N[C@H](C(=O)O)c1cccc(S)c1. The van der Waals surface area contributed by atoms with Crippen LogP contribution < -0.4 is 5.73 Å². The second-order valence-corrected chi connectivity index (χ2v) is 2.93. The molecule has 1 atom stereocenters. The van der Waals surface area contributed by atoms with Crippen molar-refractivity contribution in [1.82, 2.24) is 0 Å². The van der Waals surface area contributed by atoms with Crippen LogP contribution in [0.5, 0.6) is 0 Å². The van der Waals surface area contributed by atoms with Crippen LogP contribution in [-0.2, 0) is 4.79 Å². The van der Waals surface area contributed by atoms with Gasteiger partial charge in [-0.05, 0) is 17.7 Å². The first-order valence-corrected chi connectivity index (χ1v) is 3.83. The van der Waals surface area contributed by atoms with Gasteiger partial charge in [0.15, 0.2) is 0 Å². The van der Waals surface area contributed by atoms with Gasteiger partial charge in [-0.15, -0.1) is 12.6 Å². The summed E-state index contributed by atoms with van der Waals surface area (Å²) in [6.45, 7) is 0. The molecule has 0 fully saturated rings. The Bertz CT molecular complexity index is 301. The third-order valence-corrected chi connectivity index (χ3v) is 1.77. The second kappa shape index (κ2) is 3.60. The van der Waals surface area contributed by atoms with Crippen LogP contribution in [0.1, 0.15) is 11.6 Å². The molecule has 0 saturated carbocycles. The van der Waals surface area contributed by atoms with Gasteiger partial charge in [-0.2, -0.15) is 0 Å². The van der Waals surface area contributed by atoms with Crippen LogP contribution in [0.4, 0.5) is 0 Å². The smallest absolute Gasteiger partial charge is 0.325 e. The summed E-state index contributed by atoms with van der Waals surface area (Å²) in [5, 5.41) is 8.58. The van der Waals surface area contributed by atoms with E-state index in [2.05, 4.69) is 12.6 Å². The van der Waals surface area contributed by atoms with Gasteiger partial charge in [-0.25, -0.2) is 0 Å². The largest absolute Gasteiger partial charge is 0.480 e. The van der Waals surface area contributed by atoms with E-state index in [0.717, 1.165) is 0 Å². The Morgan fingerprint density at radius 2 is 2.25 bits per heavy atom. The first-order chi connectivity index (χ1) is 5.61. The lowest BCUT2D eigenvalue weighted by Gasteiger charge is -2.06. The van der Waals surface area contributed by atoms with Gasteiger partial charge in [0, 0.05) is 4.90 Å². The summed E-state index contributed by atoms with van der Waals surface area (Å²) >= 11 is 4.07. The Morgan fingerprint density at radius 1 is 1.58 bits per heavy atom. The van der Waals surface area contributed by atoms with E-state index >= 15 is 0 Å². The number of hydrogen-bond acceptors (Lipinski definition) is 3. The summed E-state index contributed by atoms with van der Waals surface area (Å²) in [7, 11) is 0. The fourth-order valence-electron chi connectivity index (χ4n) is 0.861. The van der Waals surface area contributed by atoms with Crippen LogP contribution >= 0.6 is 12.6 Å². The number of carboxylic acid groups (broad SMARTS) is 1. The van der Waals surface area contributed by atoms with Crippen molar-refractivity contribution < 1.29 is 9.90 Å². The fourth-order valence-corrected chi connectivity index (χ4v) is 1.10. The van der Waals surface area contributed by atoms with Crippen molar-refractivity contribution in [3.63, 3.8) is 0 Å². The average Bonchev–Trinajstić information content (AvgIpc) is 2.03. The molecule has 0 heterocycles. The summed E-state index contributed by atoms with van der Waals surface area (Å²) < 4.78 is 0. The molecule has 0 aromatic heterocycles. The minimum atomic E-state index is -1.03. The van der Waals surface area contributed by atoms with E-state index in [1.807, 2.05) is 0 Å². The van der Waals surface area contributed by atoms with Crippen molar-refractivity contribution in [3.8, 4) is 0 Å². The normalized spacial score (nSPS) is 12.5. The highest BCUT2D eigenvalue weighted by Gasteiger charge is 2.13. The van der Waals surface area contributed by atoms with Crippen LogP contribution in [0.2, 0.25) is 0 Å². The fraction of sp³-hybridized carbons (Fsp3) is 0.125. The van der Waals surface area contributed by atoms with Gasteiger partial charge < -0.3 is 10.8 Å². The van der Waals surface area contributed by atoms with E-state index in [1.165, 1.54) is 0 Å². The van der Waals surface area contributed by atoms with Crippen LogP contribution in [0.25, 0.3) is 0 Å². The van der Waals surface area contributed by atoms with Gasteiger partial charge in [0.25, 0.3) is 0 Å². The van der Waals surface area contributed by atoms with E-state index in [1.54, 1.807) is 24.3 Å². The zero-order chi connectivity index (χ0) is 9.14. The van der Waals surface area contributed by atoms with Crippen LogP contribution in [0, 0.1) is 0 Å². The molecule has 0 radical (unpaired) electrons. The maximum absolute atomic E-state index is 10.5. The number of thiol groups is 1. The van der Waals surface area contributed by atoms with Crippen LogP contribution in [0.3, 0.4) is 0 Å². The third-order valence-electron chi connectivity index (χ3n) is 1.50. The molecule has 0 aliphatic carbocycles. The van der Waals surface area contributed by atoms with E-state index in [-0.39, 0.29) is 0 Å². The van der Waals surface area contributed by atoms with Crippen LogP contribution in [0.15, 0.2) is 29.2 Å². The Labute approximate surface area is 75.6 Å². The van der Waals surface area contributed by atoms with Crippen molar-refractivity contribution in [3.05, 3.63) is 29.8 Å². The highest BCUT2D eigenvalue weighted by atomic mass is 32.1. The Morgan fingerprint density at radius 3 is 2.75 bits per heavy atom. The number of carbonyl (C=O) groups is 1. The molecular weight excluding hydrogens is 174 g/mol. The maximum Gasteiger partial charge on any atom is 0.325 e. The monoisotopic (exact) mass is 183 g/mol. The van der Waals surface area contributed by atoms with Gasteiger partial charge >= 0.3 is 5.97 Å². The molecule has 0 saturated heterocycles. The van der Waals surface area contributed by atoms with Crippen molar-refractivity contribution in [2.45, 2.75) is 10.9 Å². The molecule has 0 unspecified atom stereocenters. The molecule has 0 amide bonds. The summed E-state index contributed by atoms with van der Waals surface area (Å²) in [6, 6.07) is 5.83. The second-order valence-electron chi connectivity index (χ2n) is 2.41. The number of benzene rings is 1. The summed E-state index contributed by atoms with van der Waals surface area (Å²) in [5.41, 5.74) is 5.94. The van der Waals surface area contributed by atoms with Crippen molar-refractivity contribution >= 4 is 18.6 Å². The molecule has 0 aliphatic rings. The number of aliphatic carboxylic acids is 1. The minimum Gasteiger partial charge on any atom is -0.480 e. The Balaban J connectivity index is 2.95. The van der Waals surface area contributed by atoms with Gasteiger partial charge in [0.1, 0.15) is 6.04 Å². The molecule has 3 nitrogen and oxygen atoms in total. The number of hydrogen-bond donors (Lipinski definition) is 3. The van der Waals surface area contributed by atoms with Gasteiger partial charge in [-0.1, -0.05) is 12.1 Å². The number of rotatable bonds is 2.